The topological polar surface area (TPSA) is 64.0 Å². The number of benzene rings is 2. The van der Waals surface area contributed by atoms with Crippen LogP contribution in [-0.4, -0.2) is 21.7 Å². The molecule has 0 spiro atoms. The minimum absolute atomic E-state index is 0.156. The highest BCUT2D eigenvalue weighted by Crippen LogP contribution is 2.24. The van der Waals surface area contributed by atoms with Gasteiger partial charge in [0.1, 0.15) is 0 Å². The first kappa shape index (κ1) is 17.5. The number of amides is 1. The minimum atomic E-state index is -0.223. The van der Waals surface area contributed by atoms with Gasteiger partial charge in [-0.15, -0.1) is 0 Å². The lowest BCUT2D eigenvalue weighted by atomic mass is 9.86. The standard InChI is InChI=1S/C22H23N3O2/c1-15-9-5-8-14-19(15)23-21(26)20-17-12-6-7-13-18(17)22(27)25(24-20)16-10-3-2-4-11-16/h2-4,6-7,10-13,15,19H,5,8-9,14H2,1H3,(H,23,26)/t15-,19-/m0/s1. The SMILES string of the molecule is C[C@H]1CCCC[C@@H]1NC(=O)c1nn(-c2ccccc2)c(=O)c2ccccc12. The fourth-order valence-electron chi connectivity index (χ4n) is 3.87. The summed E-state index contributed by atoms with van der Waals surface area (Å²) in [7, 11) is 0. The van der Waals surface area contributed by atoms with Crippen molar-refractivity contribution in [2.24, 2.45) is 5.92 Å². The Hall–Kier alpha value is -2.95. The van der Waals surface area contributed by atoms with Gasteiger partial charge in [-0.1, -0.05) is 56.2 Å². The molecule has 1 aliphatic carbocycles. The van der Waals surface area contributed by atoms with Gasteiger partial charge in [0, 0.05) is 11.4 Å². The lowest BCUT2D eigenvalue weighted by molar-refractivity contribution is 0.0905. The molecular weight excluding hydrogens is 338 g/mol. The Bertz CT molecular complexity index is 1030. The third-order valence-electron chi connectivity index (χ3n) is 5.45. The minimum Gasteiger partial charge on any atom is -0.348 e. The molecular formula is C22H23N3O2. The van der Waals surface area contributed by atoms with Crippen LogP contribution in [0.1, 0.15) is 43.1 Å². The number of rotatable bonds is 3. The summed E-state index contributed by atoms with van der Waals surface area (Å²) in [6.07, 6.45) is 4.46. The van der Waals surface area contributed by atoms with Crippen LogP contribution in [0, 0.1) is 5.92 Å². The van der Waals surface area contributed by atoms with Gasteiger partial charge in [0.15, 0.2) is 5.69 Å². The Morgan fingerprint density at radius 3 is 2.41 bits per heavy atom. The number of para-hydroxylation sites is 1. The lowest BCUT2D eigenvalue weighted by Gasteiger charge is -2.29. The van der Waals surface area contributed by atoms with Crippen molar-refractivity contribution in [2.75, 3.05) is 0 Å². The van der Waals surface area contributed by atoms with Gasteiger partial charge in [0.2, 0.25) is 0 Å². The van der Waals surface area contributed by atoms with Crippen molar-refractivity contribution < 1.29 is 4.79 Å². The summed E-state index contributed by atoms with van der Waals surface area (Å²) in [5.41, 5.74) is 0.722. The number of hydrogen-bond acceptors (Lipinski definition) is 3. The van der Waals surface area contributed by atoms with Gasteiger partial charge in [-0.25, -0.2) is 0 Å². The number of nitrogens with zero attached hydrogens (tertiary/aromatic N) is 2. The molecule has 3 aromatic rings. The van der Waals surface area contributed by atoms with Crippen molar-refractivity contribution in [2.45, 2.75) is 38.6 Å². The molecule has 1 heterocycles. The number of hydrogen-bond donors (Lipinski definition) is 1. The van der Waals surface area contributed by atoms with Crippen LogP contribution >= 0.6 is 0 Å². The average Bonchev–Trinajstić information content (AvgIpc) is 2.71. The molecule has 1 aromatic heterocycles. The quantitative estimate of drug-likeness (QED) is 0.774. The van der Waals surface area contributed by atoms with E-state index in [2.05, 4.69) is 17.3 Å². The highest BCUT2D eigenvalue weighted by atomic mass is 16.2. The second-order valence-electron chi connectivity index (χ2n) is 7.29. The van der Waals surface area contributed by atoms with Crippen LogP contribution in [0.3, 0.4) is 0 Å². The molecule has 4 rings (SSSR count). The Morgan fingerprint density at radius 2 is 1.67 bits per heavy atom. The van der Waals surface area contributed by atoms with Crippen molar-refractivity contribution in [1.29, 1.82) is 0 Å². The zero-order valence-electron chi connectivity index (χ0n) is 15.4. The van der Waals surface area contributed by atoms with Crippen LogP contribution in [0.4, 0.5) is 0 Å². The van der Waals surface area contributed by atoms with Gasteiger partial charge in [-0.2, -0.15) is 9.78 Å². The van der Waals surface area contributed by atoms with Crippen molar-refractivity contribution >= 4 is 16.7 Å². The summed E-state index contributed by atoms with van der Waals surface area (Å²) >= 11 is 0. The molecule has 1 fully saturated rings. The second-order valence-corrected chi connectivity index (χ2v) is 7.29. The van der Waals surface area contributed by atoms with Gasteiger partial charge >= 0.3 is 0 Å². The summed E-state index contributed by atoms with van der Waals surface area (Å²) in [6, 6.07) is 16.5. The van der Waals surface area contributed by atoms with E-state index < -0.39 is 0 Å². The molecule has 0 aliphatic heterocycles. The molecule has 0 radical (unpaired) electrons. The Morgan fingerprint density at radius 1 is 1.00 bits per heavy atom. The molecule has 2 atom stereocenters. The summed E-state index contributed by atoms with van der Waals surface area (Å²) in [5.74, 6) is 0.239. The maximum atomic E-state index is 13.1. The number of aromatic nitrogens is 2. The van der Waals surface area contributed by atoms with Gasteiger partial charge < -0.3 is 5.32 Å². The third-order valence-corrected chi connectivity index (χ3v) is 5.45. The first-order chi connectivity index (χ1) is 13.1. The molecule has 0 unspecified atom stereocenters. The molecule has 1 saturated carbocycles. The maximum absolute atomic E-state index is 13.1. The van der Waals surface area contributed by atoms with Gasteiger partial charge in [-0.05, 0) is 37.0 Å². The van der Waals surface area contributed by atoms with E-state index in [0.29, 0.717) is 28.1 Å². The van der Waals surface area contributed by atoms with Crippen LogP contribution in [-0.2, 0) is 0 Å². The molecule has 5 nitrogen and oxygen atoms in total. The predicted octanol–water partition coefficient (Wildman–Crippen LogP) is 3.69. The summed E-state index contributed by atoms with van der Waals surface area (Å²) in [4.78, 5) is 26.0. The highest BCUT2D eigenvalue weighted by Gasteiger charge is 2.25. The smallest absolute Gasteiger partial charge is 0.279 e. The van der Waals surface area contributed by atoms with E-state index in [1.54, 1.807) is 12.1 Å². The van der Waals surface area contributed by atoms with Crippen molar-refractivity contribution in [1.82, 2.24) is 15.1 Å². The van der Waals surface area contributed by atoms with Crippen molar-refractivity contribution in [3.63, 3.8) is 0 Å². The van der Waals surface area contributed by atoms with E-state index >= 15 is 0 Å². The van der Waals surface area contributed by atoms with E-state index in [1.165, 1.54) is 11.1 Å². The van der Waals surface area contributed by atoms with Crippen LogP contribution in [0.25, 0.3) is 16.5 Å². The largest absolute Gasteiger partial charge is 0.348 e. The van der Waals surface area contributed by atoms with Gasteiger partial charge in [0.25, 0.3) is 11.5 Å². The first-order valence-corrected chi connectivity index (χ1v) is 9.53. The second kappa shape index (κ2) is 7.35. The number of fused-ring (bicyclic) bond motifs is 1. The molecule has 27 heavy (non-hydrogen) atoms. The first-order valence-electron chi connectivity index (χ1n) is 9.53. The van der Waals surface area contributed by atoms with E-state index in [0.717, 1.165) is 19.3 Å². The normalized spacial score (nSPS) is 19.7. The third kappa shape index (κ3) is 3.37. The highest BCUT2D eigenvalue weighted by molar-refractivity contribution is 6.05. The number of carbonyl (C=O) groups excluding carboxylic acids is 1. The Kier molecular flexibility index (Phi) is 4.75. The number of nitrogens with one attached hydrogen (secondary N) is 1. The van der Waals surface area contributed by atoms with Crippen LogP contribution in [0.5, 0.6) is 0 Å². The molecule has 0 bridgehead atoms. The number of carbonyl (C=O) groups is 1. The molecule has 1 aliphatic rings. The predicted molar refractivity (Wildman–Crippen MR) is 106 cm³/mol. The summed E-state index contributed by atoms with van der Waals surface area (Å²) < 4.78 is 1.32. The lowest BCUT2D eigenvalue weighted by Crippen LogP contribution is -2.42. The Balaban J connectivity index is 1.81. The molecule has 0 saturated heterocycles. The average molecular weight is 361 g/mol. The summed E-state index contributed by atoms with van der Waals surface area (Å²) in [5, 5.41) is 8.70. The van der Waals surface area contributed by atoms with Gasteiger partial charge in [-0.3, -0.25) is 9.59 Å². The monoisotopic (exact) mass is 361 g/mol. The maximum Gasteiger partial charge on any atom is 0.279 e. The molecule has 5 heteroatoms. The van der Waals surface area contributed by atoms with Crippen LogP contribution in [0.2, 0.25) is 0 Å². The van der Waals surface area contributed by atoms with Crippen LogP contribution < -0.4 is 10.9 Å². The van der Waals surface area contributed by atoms with E-state index in [1.807, 2.05) is 42.5 Å². The van der Waals surface area contributed by atoms with E-state index in [-0.39, 0.29) is 17.5 Å². The summed E-state index contributed by atoms with van der Waals surface area (Å²) in [6.45, 7) is 2.18. The van der Waals surface area contributed by atoms with E-state index in [9.17, 15) is 9.59 Å². The fraction of sp³-hybridized carbons (Fsp3) is 0.318. The zero-order chi connectivity index (χ0) is 18.8. The van der Waals surface area contributed by atoms with Crippen LogP contribution in [0.15, 0.2) is 59.4 Å². The molecule has 2 aromatic carbocycles. The van der Waals surface area contributed by atoms with Crippen molar-refractivity contribution in [3.8, 4) is 5.69 Å². The zero-order valence-corrected chi connectivity index (χ0v) is 15.4. The van der Waals surface area contributed by atoms with Crippen molar-refractivity contribution in [3.05, 3.63) is 70.6 Å². The molecule has 1 N–H and O–H groups in total. The molecule has 1 amide bonds. The fourth-order valence-corrected chi connectivity index (χ4v) is 3.87. The van der Waals surface area contributed by atoms with E-state index in [4.69, 9.17) is 0 Å². The Labute approximate surface area is 158 Å². The van der Waals surface area contributed by atoms with Gasteiger partial charge in [0.05, 0.1) is 11.1 Å². The molecule has 138 valence electrons.